The van der Waals surface area contributed by atoms with E-state index in [4.69, 9.17) is 0 Å². The number of hydrogen-bond donors (Lipinski definition) is 0. The average molecular weight is 321 g/mol. The van der Waals surface area contributed by atoms with E-state index in [-0.39, 0.29) is 6.04 Å². The van der Waals surface area contributed by atoms with Gasteiger partial charge in [0.1, 0.15) is 18.0 Å². The Labute approximate surface area is 130 Å². The molecular formula is C14H19N5O2S. The topological polar surface area (TPSA) is 81.0 Å². The van der Waals surface area contributed by atoms with Gasteiger partial charge in [0.25, 0.3) is 0 Å². The summed E-state index contributed by atoms with van der Waals surface area (Å²) in [5, 5.41) is 0. The molecule has 0 aromatic carbocycles. The van der Waals surface area contributed by atoms with Gasteiger partial charge < -0.3 is 0 Å². The van der Waals surface area contributed by atoms with E-state index in [1.54, 1.807) is 23.3 Å². The highest BCUT2D eigenvalue weighted by Crippen LogP contribution is 2.31. The number of hydrogen-bond acceptors (Lipinski definition) is 5. The summed E-state index contributed by atoms with van der Waals surface area (Å²) in [5.41, 5.74) is 0.813. The van der Waals surface area contributed by atoms with Crippen LogP contribution in [0.2, 0.25) is 0 Å². The first-order valence-corrected chi connectivity index (χ1v) is 9.11. The molecule has 0 N–H and O–H groups in total. The van der Waals surface area contributed by atoms with Crippen molar-refractivity contribution >= 4 is 10.0 Å². The maximum absolute atomic E-state index is 12.0. The van der Waals surface area contributed by atoms with E-state index < -0.39 is 10.0 Å². The fourth-order valence-corrected chi connectivity index (χ4v) is 3.93. The van der Waals surface area contributed by atoms with Gasteiger partial charge in [-0.25, -0.2) is 23.4 Å². The number of piperidine rings is 1. The minimum atomic E-state index is -3.27. The monoisotopic (exact) mass is 321 g/mol. The lowest BCUT2D eigenvalue weighted by Crippen LogP contribution is -2.38. The van der Waals surface area contributed by atoms with Gasteiger partial charge in [-0.1, -0.05) is 6.42 Å². The molecule has 8 heteroatoms. The number of nitrogens with zero attached hydrogens (tertiary/aromatic N) is 5. The Bertz CT molecular complexity index is 758. The highest BCUT2D eigenvalue weighted by atomic mass is 32.2. The molecule has 1 aliphatic heterocycles. The van der Waals surface area contributed by atoms with Crippen molar-refractivity contribution in [3.8, 4) is 5.82 Å². The number of aromatic nitrogens is 4. The third-order valence-electron chi connectivity index (χ3n) is 3.80. The smallest absolute Gasteiger partial charge is 0.211 e. The van der Waals surface area contributed by atoms with Gasteiger partial charge in [0, 0.05) is 30.7 Å². The van der Waals surface area contributed by atoms with E-state index in [2.05, 4.69) is 15.0 Å². The minimum absolute atomic E-state index is 0.286. The van der Waals surface area contributed by atoms with Crippen molar-refractivity contribution in [2.45, 2.75) is 32.2 Å². The summed E-state index contributed by atoms with van der Waals surface area (Å²) in [4.78, 5) is 13.1. The first-order chi connectivity index (χ1) is 10.4. The normalized spacial score (nSPS) is 20.2. The summed E-state index contributed by atoms with van der Waals surface area (Å²) in [6.45, 7) is 2.42. The number of imidazole rings is 1. The summed E-state index contributed by atoms with van der Waals surface area (Å²) < 4.78 is 27.4. The Morgan fingerprint density at radius 3 is 2.77 bits per heavy atom. The zero-order chi connectivity index (χ0) is 15.7. The maximum Gasteiger partial charge on any atom is 0.211 e. The van der Waals surface area contributed by atoms with Crippen molar-refractivity contribution in [2.24, 2.45) is 0 Å². The van der Waals surface area contributed by atoms with Crippen molar-refractivity contribution in [3.63, 3.8) is 0 Å². The molecule has 22 heavy (non-hydrogen) atoms. The van der Waals surface area contributed by atoms with Crippen LogP contribution >= 0.6 is 0 Å². The molecule has 7 nitrogen and oxygen atoms in total. The summed E-state index contributed by atoms with van der Waals surface area (Å²) in [6, 6.07) is 1.57. The molecule has 2 aromatic heterocycles. The minimum Gasteiger partial charge on any atom is -0.290 e. The van der Waals surface area contributed by atoms with Gasteiger partial charge in [0.15, 0.2) is 0 Å². The molecule has 1 saturated heterocycles. The first-order valence-electron chi connectivity index (χ1n) is 7.26. The molecule has 0 bridgehead atoms. The van der Waals surface area contributed by atoms with Gasteiger partial charge in [-0.05, 0) is 19.8 Å². The summed E-state index contributed by atoms with van der Waals surface area (Å²) in [5.74, 6) is 1.27. The second kappa shape index (κ2) is 5.77. The van der Waals surface area contributed by atoms with Gasteiger partial charge in [0.05, 0.1) is 12.3 Å². The van der Waals surface area contributed by atoms with Crippen LogP contribution in [0, 0.1) is 6.92 Å². The van der Waals surface area contributed by atoms with E-state index in [1.165, 1.54) is 10.6 Å². The average Bonchev–Trinajstić information content (AvgIpc) is 3.00. The highest BCUT2D eigenvalue weighted by Gasteiger charge is 2.32. The molecule has 1 atom stereocenters. The van der Waals surface area contributed by atoms with E-state index in [0.29, 0.717) is 18.2 Å². The van der Waals surface area contributed by atoms with E-state index in [0.717, 1.165) is 25.0 Å². The zero-order valence-electron chi connectivity index (χ0n) is 12.7. The zero-order valence-corrected chi connectivity index (χ0v) is 13.5. The molecule has 0 amide bonds. The fraction of sp³-hybridized carbons (Fsp3) is 0.500. The number of sulfonamides is 1. The molecule has 1 aliphatic rings. The van der Waals surface area contributed by atoms with Crippen LogP contribution in [0.5, 0.6) is 0 Å². The standard InChI is InChI=1S/C14H19N5O2S/c1-11-9-13(18-8-6-15-10-18)17-14(16-11)12-5-3-4-7-19(12)22(2,20)21/h6,8-10,12H,3-5,7H2,1-2H3. The molecule has 0 spiro atoms. The van der Waals surface area contributed by atoms with Crippen molar-refractivity contribution in [2.75, 3.05) is 12.8 Å². The van der Waals surface area contributed by atoms with Crippen LogP contribution in [0.25, 0.3) is 5.82 Å². The van der Waals surface area contributed by atoms with Gasteiger partial charge in [-0.15, -0.1) is 0 Å². The molecule has 3 heterocycles. The van der Waals surface area contributed by atoms with Crippen LogP contribution in [-0.2, 0) is 10.0 Å². The van der Waals surface area contributed by atoms with Gasteiger partial charge >= 0.3 is 0 Å². The van der Waals surface area contributed by atoms with Gasteiger partial charge in [0.2, 0.25) is 10.0 Å². The lowest BCUT2D eigenvalue weighted by molar-refractivity contribution is 0.247. The van der Waals surface area contributed by atoms with Crippen LogP contribution in [-0.4, -0.2) is 45.0 Å². The lowest BCUT2D eigenvalue weighted by Gasteiger charge is -2.32. The first kappa shape index (κ1) is 15.1. The Morgan fingerprint density at radius 1 is 1.27 bits per heavy atom. The predicted octanol–water partition coefficient (Wildman–Crippen LogP) is 1.46. The number of rotatable bonds is 3. The van der Waals surface area contributed by atoms with Gasteiger partial charge in [-0.2, -0.15) is 4.31 Å². The van der Waals surface area contributed by atoms with Crippen LogP contribution in [0.15, 0.2) is 24.8 Å². The molecule has 3 rings (SSSR count). The second-order valence-electron chi connectivity index (χ2n) is 5.58. The Kier molecular flexibility index (Phi) is 3.96. The van der Waals surface area contributed by atoms with Crippen molar-refractivity contribution in [3.05, 3.63) is 36.3 Å². The molecule has 0 radical (unpaired) electrons. The Hall–Kier alpha value is -1.80. The maximum atomic E-state index is 12.0. The van der Waals surface area contributed by atoms with Crippen molar-refractivity contribution in [1.29, 1.82) is 0 Å². The number of aryl methyl sites for hydroxylation is 1. The van der Waals surface area contributed by atoms with Crippen LogP contribution < -0.4 is 0 Å². The predicted molar refractivity (Wildman–Crippen MR) is 82.0 cm³/mol. The molecule has 0 saturated carbocycles. The molecule has 1 unspecified atom stereocenters. The Balaban J connectivity index is 2.03. The van der Waals surface area contributed by atoms with E-state index in [9.17, 15) is 8.42 Å². The second-order valence-corrected chi connectivity index (χ2v) is 7.52. The molecule has 2 aromatic rings. The van der Waals surface area contributed by atoms with E-state index >= 15 is 0 Å². The SMILES string of the molecule is Cc1cc(-n2ccnc2)nc(C2CCCCN2S(C)(=O)=O)n1. The van der Waals surface area contributed by atoms with Crippen molar-refractivity contribution < 1.29 is 8.42 Å². The highest BCUT2D eigenvalue weighted by molar-refractivity contribution is 7.88. The Morgan fingerprint density at radius 2 is 2.09 bits per heavy atom. The third-order valence-corrected chi connectivity index (χ3v) is 5.09. The largest absolute Gasteiger partial charge is 0.290 e. The van der Waals surface area contributed by atoms with Gasteiger partial charge in [-0.3, -0.25) is 4.57 Å². The molecule has 118 valence electrons. The third kappa shape index (κ3) is 3.02. The summed E-state index contributed by atoms with van der Waals surface area (Å²) >= 11 is 0. The molecule has 1 fully saturated rings. The van der Waals surface area contributed by atoms with E-state index in [1.807, 2.05) is 13.0 Å². The van der Waals surface area contributed by atoms with Crippen LogP contribution in [0.1, 0.15) is 36.8 Å². The fourth-order valence-electron chi connectivity index (χ4n) is 2.81. The molecule has 0 aliphatic carbocycles. The molecular weight excluding hydrogens is 302 g/mol. The van der Waals surface area contributed by atoms with Crippen LogP contribution in [0.3, 0.4) is 0 Å². The summed E-state index contributed by atoms with van der Waals surface area (Å²) in [6.07, 6.45) is 9.01. The van der Waals surface area contributed by atoms with Crippen LogP contribution in [0.4, 0.5) is 0 Å². The van der Waals surface area contributed by atoms with Crippen molar-refractivity contribution in [1.82, 2.24) is 23.8 Å². The quantitative estimate of drug-likeness (QED) is 0.855. The lowest BCUT2D eigenvalue weighted by atomic mass is 10.0. The summed E-state index contributed by atoms with van der Waals surface area (Å²) in [7, 11) is -3.27.